The zero-order valence-electron chi connectivity index (χ0n) is 15.2. The average molecular weight is 367 g/mol. The molecule has 0 saturated heterocycles. The maximum Gasteiger partial charge on any atom is 0.251 e. The summed E-state index contributed by atoms with van der Waals surface area (Å²) in [5.74, 6) is 1.45. The Morgan fingerprint density at radius 1 is 1.19 bits per heavy atom. The quantitative estimate of drug-likeness (QED) is 0.901. The summed E-state index contributed by atoms with van der Waals surface area (Å²) in [5.41, 5.74) is 2.87. The van der Waals surface area contributed by atoms with E-state index in [0.29, 0.717) is 23.5 Å². The van der Waals surface area contributed by atoms with Gasteiger partial charge in [0.2, 0.25) is 0 Å². The number of hydrogen-bond donors (Lipinski definition) is 1. The van der Waals surface area contributed by atoms with Crippen molar-refractivity contribution in [1.29, 1.82) is 0 Å². The minimum absolute atomic E-state index is 0.0202. The third-order valence-electron chi connectivity index (χ3n) is 6.31. The zero-order chi connectivity index (χ0) is 18.5. The van der Waals surface area contributed by atoms with Crippen molar-refractivity contribution in [3.05, 3.63) is 59.2 Å². The number of halogens is 1. The molecule has 140 valence electrons. The van der Waals surface area contributed by atoms with Crippen LogP contribution in [0.25, 0.3) is 0 Å². The number of hydrogen-bond acceptors (Lipinski definition) is 3. The second kappa shape index (κ2) is 6.25. The molecule has 2 aromatic rings. The highest BCUT2D eigenvalue weighted by Gasteiger charge is 2.53. The predicted molar refractivity (Wildman–Crippen MR) is 99.2 cm³/mol. The van der Waals surface area contributed by atoms with Crippen LogP contribution in [0.5, 0.6) is 11.5 Å². The van der Waals surface area contributed by atoms with E-state index < -0.39 is 12.3 Å². The van der Waals surface area contributed by atoms with E-state index in [4.69, 9.17) is 9.47 Å². The van der Waals surface area contributed by atoms with E-state index in [0.717, 1.165) is 24.0 Å². The van der Waals surface area contributed by atoms with Crippen molar-refractivity contribution >= 4 is 5.91 Å². The minimum Gasteiger partial charge on any atom is -0.493 e. The van der Waals surface area contributed by atoms with E-state index in [1.54, 1.807) is 7.11 Å². The lowest BCUT2D eigenvalue weighted by Crippen LogP contribution is -2.52. The van der Waals surface area contributed by atoms with Crippen LogP contribution in [0.3, 0.4) is 0 Å². The fourth-order valence-corrected chi connectivity index (χ4v) is 5.11. The third-order valence-corrected chi connectivity index (χ3v) is 6.31. The van der Waals surface area contributed by atoms with Crippen LogP contribution in [0.2, 0.25) is 0 Å². The van der Waals surface area contributed by atoms with Gasteiger partial charge in [0, 0.05) is 23.1 Å². The summed E-state index contributed by atoms with van der Waals surface area (Å²) in [4.78, 5) is 12.7. The van der Waals surface area contributed by atoms with E-state index in [2.05, 4.69) is 5.32 Å². The summed E-state index contributed by atoms with van der Waals surface area (Å²) in [6.45, 7) is 0. The molecule has 5 rings (SSSR count). The lowest BCUT2D eigenvalue weighted by atomic mass is 9.65. The smallest absolute Gasteiger partial charge is 0.251 e. The molecule has 0 aromatic heterocycles. The standard InChI is InChI=1S/C22H22FNO3/c1-26-17-10-7-13-11-16(24-22(25)12-5-3-2-4-6-12)14-8-9-15(23)20-19(14)18(13)21(17)27-20/h2-7,10,14-16,19-20H,8-9,11H2,1H3,(H,24,25)/t14?,15?,16-,19?,20+/m0/s1. The van der Waals surface area contributed by atoms with E-state index in [1.165, 1.54) is 0 Å². The van der Waals surface area contributed by atoms with Crippen LogP contribution >= 0.6 is 0 Å². The fourth-order valence-electron chi connectivity index (χ4n) is 5.11. The molecule has 4 nitrogen and oxygen atoms in total. The topological polar surface area (TPSA) is 47.6 Å². The molecule has 1 aliphatic heterocycles. The second-order valence-electron chi connectivity index (χ2n) is 7.69. The number of alkyl halides is 1. The summed E-state index contributed by atoms with van der Waals surface area (Å²) in [7, 11) is 1.61. The lowest BCUT2D eigenvalue weighted by molar-refractivity contribution is 0.0277. The summed E-state index contributed by atoms with van der Waals surface area (Å²) in [6.07, 6.45) is 0.487. The first-order valence-electron chi connectivity index (χ1n) is 9.53. The molecule has 0 bridgehead atoms. The van der Waals surface area contributed by atoms with E-state index in [9.17, 15) is 9.18 Å². The van der Waals surface area contributed by atoms with Crippen LogP contribution in [-0.2, 0) is 6.42 Å². The van der Waals surface area contributed by atoms with Gasteiger partial charge in [-0.25, -0.2) is 4.39 Å². The number of ether oxygens (including phenoxy) is 2. The number of carbonyl (C=O) groups is 1. The molecule has 2 aromatic carbocycles. The van der Waals surface area contributed by atoms with Crippen molar-refractivity contribution in [1.82, 2.24) is 5.32 Å². The molecule has 1 heterocycles. The van der Waals surface area contributed by atoms with Crippen LogP contribution in [0.4, 0.5) is 4.39 Å². The summed E-state index contributed by atoms with van der Waals surface area (Å²) < 4.78 is 26.2. The van der Waals surface area contributed by atoms with E-state index >= 15 is 0 Å². The van der Waals surface area contributed by atoms with E-state index in [-0.39, 0.29) is 23.8 Å². The van der Waals surface area contributed by atoms with Crippen LogP contribution < -0.4 is 14.8 Å². The van der Waals surface area contributed by atoms with Gasteiger partial charge in [-0.15, -0.1) is 0 Å². The summed E-state index contributed by atoms with van der Waals surface area (Å²) >= 11 is 0. The molecular weight excluding hydrogens is 345 g/mol. The Labute approximate surface area is 157 Å². The van der Waals surface area contributed by atoms with E-state index in [1.807, 2.05) is 42.5 Å². The molecule has 5 atom stereocenters. The van der Waals surface area contributed by atoms with Crippen molar-refractivity contribution in [3.8, 4) is 11.5 Å². The van der Waals surface area contributed by atoms with Gasteiger partial charge in [-0.05, 0) is 48.9 Å². The fraction of sp³-hybridized carbons (Fsp3) is 0.409. The highest BCUT2D eigenvalue weighted by atomic mass is 19.1. The number of carbonyl (C=O) groups excluding carboxylic acids is 1. The molecule has 2 aliphatic carbocycles. The molecule has 0 radical (unpaired) electrons. The largest absolute Gasteiger partial charge is 0.493 e. The number of methoxy groups -OCH3 is 1. The Hall–Kier alpha value is -2.56. The average Bonchev–Trinajstić information content (AvgIpc) is 3.11. The first-order chi connectivity index (χ1) is 13.2. The normalized spacial score (nSPS) is 30.2. The molecule has 0 spiro atoms. The monoisotopic (exact) mass is 367 g/mol. The van der Waals surface area contributed by atoms with Gasteiger partial charge in [0.15, 0.2) is 11.5 Å². The zero-order valence-corrected chi connectivity index (χ0v) is 15.2. The number of nitrogens with one attached hydrogen (secondary N) is 1. The molecule has 1 saturated carbocycles. The van der Waals surface area contributed by atoms with Gasteiger partial charge in [0.05, 0.1) is 7.11 Å². The molecule has 1 fully saturated rings. The van der Waals surface area contributed by atoms with Gasteiger partial charge < -0.3 is 14.8 Å². The predicted octanol–water partition coefficient (Wildman–Crippen LogP) is 3.64. The maximum absolute atomic E-state index is 14.7. The Balaban J connectivity index is 1.51. The lowest BCUT2D eigenvalue weighted by Gasteiger charge is -2.43. The number of benzene rings is 2. The van der Waals surface area contributed by atoms with Crippen molar-refractivity contribution in [3.63, 3.8) is 0 Å². The molecule has 1 amide bonds. The van der Waals surface area contributed by atoms with Crippen molar-refractivity contribution < 1.29 is 18.7 Å². The van der Waals surface area contributed by atoms with Crippen LogP contribution in [0, 0.1) is 5.92 Å². The van der Waals surface area contributed by atoms with Crippen molar-refractivity contribution in [2.24, 2.45) is 5.92 Å². The highest BCUT2D eigenvalue weighted by molar-refractivity contribution is 5.94. The van der Waals surface area contributed by atoms with Crippen LogP contribution in [0.15, 0.2) is 42.5 Å². The Morgan fingerprint density at radius 2 is 2.00 bits per heavy atom. The minimum atomic E-state index is -0.986. The van der Waals surface area contributed by atoms with Gasteiger partial charge in [-0.3, -0.25) is 4.79 Å². The molecular formula is C22H22FNO3. The van der Waals surface area contributed by atoms with Crippen molar-refractivity contribution in [2.45, 2.75) is 43.5 Å². The van der Waals surface area contributed by atoms with Gasteiger partial charge >= 0.3 is 0 Å². The van der Waals surface area contributed by atoms with Gasteiger partial charge in [-0.2, -0.15) is 0 Å². The second-order valence-corrected chi connectivity index (χ2v) is 7.69. The summed E-state index contributed by atoms with van der Waals surface area (Å²) in [6, 6.07) is 13.1. The first kappa shape index (κ1) is 16.6. The Kier molecular flexibility index (Phi) is 3.85. The maximum atomic E-state index is 14.7. The molecule has 27 heavy (non-hydrogen) atoms. The number of rotatable bonds is 3. The van der Waals surface area contributed by atoms with Gasteiger partial charge in [-0.1, -0.05) is 24.3 Å². The Bertz CT molecular complexity index is 885. The van der Waals surface area contributed by atoms with Gasteiger partial charge in [0.1, 0.15) is 12.3 Å². The molecule has 3 unspecified atom stereocenters. The molecule has 3 aliphatic rings. The Morgan fingerprint density at radius 3 is 2.78 bits per heavy atom. The first-order valence-corrected chi connectivity index (χ1v) is 9.53. The van der Waals surface area contributed by atoms with Crippen LogP contribution in [0.1, 0.15) is 40.2 Å². The van der Waals surface area contributed by atoms with Gasteiger partial charge in [0.25, 0.3) is 5.91 Å². The third kappa shape index (κ3) is 2.52. The van der Waals surface area contributed by atoms with Crippen molar-refractivity contribution in [2.75, 3.05) is 7.11 Å². The SMILES string of the molecule is COc1ccc2c3c1O[C@@H]1C(F)CCC(C31)[C@@H](NC(=O)c1ccccc1)C2. The molecule has 1 N–H and O–H groups in total. The molecule has 5 heteroatoms. The summed E-state index contributed by atoms with van der Waals surface area (Å²) in [5, 5.41) is 3.21. The number of amides is 1. The highest BCUT2D eigenvalue weighted by Crippen LogP contribution is 2.57. The van der Waals surface area contributed by atoms with Crippen LogP contribution in [-0.4, -0.2) is 31.3 Å².